The minimum atomic E-state index is -0.857. The predicted octanol–water partition coefficient (Wildman–Crippen LogP) is 0.393. The lowest BCUT2D eigenvalue weighted by Gasteiger charge is -2.27. The van der Waals surface area contributed by atoms with Crippen molar-refractivity contribution in [2.45, 2.75) is 57.7 Å². The Kier molecular flexibility index (Phi) is 8.98. The Morgan fingerprint density at radius 1 is 1.20 bits per heavy atom. The first-order chi connectivity index (χ1) is 14.3. The zero-order chi connectivity index (χ0) is 22.1. The maximum Gasteiger partial charge on any atom is 0.243 e. The average molecular weight is 417 g/mol. The molecule has 0 bridgehead atoms. The Balaban J connectivity index is 2.14. The summed E-state index contributed by atoms with van der Waals surface area (Å²) >= 11 is 0. The monoisotopic (exact) mass is 416 g/mol. The molecule has 0 aromatic heterocycles. The van der Waals surface area contributed by atoms with Gasteiger partial charge < -0.3 is 26.1 Å². The van der Waals surface area contributed by atoms with Crippen LogP contribution in [-0.2, 0) is 25.6 Å². The maximum absolute atomic E-state index is 12.9. The minimum Gasteiger partial charge on any atom is -0.345 e. The highest BCUT2D eigenvalue weighted by molar-refractivity contribution is 5.93. The molecule has 1 fully saturated rings. The first kappa shape index (κ1) is 23.5. The van der Waals surface area contributed by atoms with E-state index in [4.69, 9.17) is 5.73 Å². The molecule has 2 rings (SSSR count). The van der Waals surface area contributed by atoms with Gasteiger partial charge in [0.25, 0.3) is 0 Å². The SMILES string of the molecule is CC(C)C[C@@H](C=O)NC(=O)[C@H](Cc1ccccc1)NC(=O)[C@@H]1CCCN1C(=O)CN. The highest BCUT2D eigenvalue weighted by Gasteiger charge is 2.35. The number of nitrogens with two attached hydrogens (primary N) is 1. The molecule has 0 aliphatic carbocycles. The average Bonchev–Trinajstić information content (AvgIpc) is 3.22. The molecule has 8 nitrogen and oxygen atoms in total. The summed E-state index contributed by atoms with van der Waals surface area (Å²) in [5.74, 6) is -0.844. The molecular weight excluding hydrogens is 384 g/mol. The van der Waals surface area contributed by atoms with Gasteiger partial charge in [-0.25, -0.2) is 0 Å². The van der Waals surface area contributed by atoms with Gasteiger partial charge in [0.05, 0.1) is 12.6 Å². The molecule has 1 heterocycles. The van der Waals surface area contributed by atoms with Crippen molar-refractivity contribution in [3.63, 3.8) is 0 Å². The van der Waals surface area contributed by atoms with Crippen LogP contribution in [0.15, 0.2) is 30.3 Å². The molecule has 30 heavy (non-hydrogen) atoms. The molecule has 0 radical (unpaired) electrons. The molecular formula is C22H32N4O4. The van der Waals surface area contributed by atoms with Gasteiger partial charge in [0.15, 0.2) is 0 Å². The number of carbonyl (C=O) groups excluding carboxylic acids is 4. The van der Waals surface area contributed by atoms with E-state index in [-0.39, 0.29) is 30.7 Å². The zero-order valence-corrected chi connectivity index (χ0v) is 17.7. The fourth-order valence-electron chi connectivity index (χ4n) is 3.72. The zero-order valence-electron chi connectivity index (χ0n) is 17.7. The van der Waals surface area contributed by atoms with E-state index in [9.17, 15) is 19.2 Å². The highest BCUT2D eigenvalue weighted by atomic mass is 16.2. The number of amides is 3. The Bertz CT molecular complexity index is 738. The topological polar surface area (TPSA) is 122 Å². The van der Waals surface area contributed by atoms with Crippen molar-refractivity contribution in [1.82, 2.24) is 15.5 Å². The van der Waals surface area contributed by atoms with Crippen LogP contribution in [0.25, 0.3) is 0 Å². The fraction of sp³-hybridized carbons (Fsp3) is 0.545. The van der Waals surface area contributed by atoms with Crippen LogP contribution in [0.1, 0.15) is 38.7 Å². The van der Waals surface area contributed by atoms with Crippen molar-refractivity contribution in [2.24, 2.45) is 11.7 Å². The number of hydrogen-bond acceptors (Lipinski definition) is 5. The minimum absolute atomic E-state index is 0.159. The molecule has 8 heteroatoms. The molecule has 1 aliphatic heterocycles. The van der Waals surface area contributed by atoms with Gasteiger partial charge in [-0.1, -0.05) is 44.2 Å². The van der Waals surface area contributed by atoms with E-state index in [1.165, 1.54) is 4.90 Å². The summed E-state index contributed by atoms with van der Waals surface area (Å²) in [6.07, 6.45) is 2.76. The van der Waals surface area contributed by atoms with Gasteiger partial charge in [0, 0.05) is 13.0 Å². The first-order valence-electron chi connectivity index (χ1n) is 10.4. The third-order valence-corrected chi connectivity index (χ3v) is 5.18. The van der Waals surface area contributed by atoms with Gasteiger partial charge in [-0.05, 0) is 30.7 Å². The van der Waals surface area contributed by atoms with Crippen LogP contribution in [0.5, 0.6) is 0 Å². The van der Waals surface area contributed by atoms with Crippen molar-refractivity contribution in [1.29, 1.82) is 0 Å². The Hall–Kier alpha value is -2.74. The number of hydrogen-bond donors (Lipinski definition) is 3. The van der Waals surface area contributed by atoms with Gasteiger partial charge in [0.1, 0.15) is 18.4 Å². The van der Waals surface area contributed by atoms with Crippen LogP contribution in [0, 0.1) is 5.92 Å². The van der Waals surface area contributed by atoms with Crippen molar-refractivity contribution in [3.8, 4) is 0 Å². The third-order valence-electron chi connectivity index (χ3n) is 5.18. The molecule has 4 N–H and O–H groups in total. The van der Waals surface area contributed by atoms with Crippen molar-refractivity contribution >= 4 is 24.0 Å². The summed E-state index contributed by atoms with van der Waals surface area (Å²) < 4.78 is 0. The van der Waals surface area contributed by atoms with E-state index in [0.717, 1.165) is 11.8 Å². The molecule has 1 saturated heterocycles. The van der Waals surface area contributed by atoms with Crippen molar-refractivity contribution in [2.75, 3.05) is 13.1 Å². The van der Waals surface area contributed by atoms with Crippen LogP contribution in [0.3, 0.4) is 0 Å². The van der Waals surface area contributed by atoms with Gasteiger partial charge in [-0.3, -0.25) is 14.4 Å². The molecule has 1 aromatic carbocycles. The van der Waals surface area contributed by atoms with Gasteiger partial charge in [0.2, 0.25) is 17.7 Å². The van der Waals surface area contributed by atoms with Crippen LogP contribution >= 0.6 is 0 Å². The van der Waals surface area contributed by atoms with Crippen LogP contribution in [-0.4, -0.2) is 60.1 Å². The lowest BCUT2D eigenvalue weighted by Crippen LogP contribution is -2.55. The van der Waals surface area contributed by atoms with E-state index in [1.807, 2.05) is 44.2 Å². The van der Waals surface area contributed by atoms with Crippen molar-refractivity contribution < 1.29 is 19.2 Å². The van der Waals surface area contributed by atoms with Crippen molar-refractivity contribution in [3.05, 3.63) is 35.9 Å². The standard InChI is InChI=1S/C22H32N4O4/c1-15(2)11-17(14-27)24-21(29)18(12-16-7-4-3-5-8-16)25-22(30)19-9-6-10-26(19)20(28)13-23/h3-5,7-8,14-15,17-19H,6,9-13,23H2,1-2H3,(H,24,29)(H,25,30)/t17-,18-,19-/m0/s1. The number of rotatable bonds is 10. The van der Waals surface area contributed by atoms with Crippen LogP contribution in [0.4, 0.5) is 0 Å². The number of nitrogens with zero attached hydrogens (tertiary/aromatic N) is 1. The normalized spacial score (nSPS) is 18.0. The number of benzene rings is 1. The molecule has 3 amide bonds. The summed E-state index contributed by atoms with van der Waals surface area (Å²) in [4.78, 5) is 50.7. The molecule has 164 valence electrons. The number of aldehydes is 1. The lowest BCUT2D eigenvalue weighted by atomic mass is 10.0. The molecule has 1 aromatic rings. The smallest absolute Gasteiger partial charge is 0.243 e. The summed E-state index contributed by atoms with van der Waals surface area (Å²) in [5, 5.41) is 5.53. The second-order valence-corrected chi connectivity index (χ2v) is 8.08. The Labute approximate surface area is 177 Å². The molecule has 0 unspecified atom stereocenters. The predicted molar refractivity (Wildman–Crippen MR) is 113 cm³/mol. The summed E-state index contributed by atoms with van der Waals surface area (Å²) in [6.45, 7) is 4.25. The second-order valence-electron chi connectivity index (χ2n) is 8.08. The van der Waals surface area contributed by atoms with E-state index >= 15 is 0 Å². The van der Waals surface area contributed by atoms with E-state index in [1.54, 1.807) is 0 Å². The molecule has 0 spiro atoms. The Morgan fingerprint density at radius 2 is 1.90 bits per heavy atom. The van der Waals surface area contributed by atoms with Gasteiger partial charge >= 0.3 is 0 Å². The van der Waals surface area contributed by atoms with Gasteiger partial charge in [-0.15, -0.1) is 0 Å². The lowest BCUT2D eigenvalue weighted by molar-refractivity contribution is -0.138. The van der Waals surface area contributed by atoms with Crippen LogP contribution < -0.4 is 16.4 Å². The summed E-state index contributed by atoms with van der Waals surface area (Å²) in [5.41, 5.74) is 6.34. The highest BCUT2D eigenvalue weighted by Crippen LogP contribution is 2.18. The first-order valence-corrected chi connectivity index (χ1v) is 10.4. The van der Waals surface area contributed by atoms with Gasteiger partial charge in [-0.2, -0.15) is 0 Å². The number of carbonyl (C=O) groups is 4. The summed E-state index contributed by atoms with van der Waals surface area (Å²) in [7, 11) is 0. The maximum atomic E-state index is 12.9. The summed E-state index contributed by atoms with van der Waals surface area (Å²) in [6, 6.07) is 7.23. The third kappa shape index (κ3) is 6.66. The Morgan fingerprint density at radius 3 is 2.50 bits per heavy atom. The largest absolute Gasteiger partial charge is 0.345 e. The van der Waals surface area contributed by atoms with E-state index < -0.39 is 24.0 Å². The van der Waals surface area contributed by atoms with Crippen LogP contribution in [0.2, 0.25) is 0 Å². The molecule has 1 aliphatic rings. The van der Waals surface area contributed by atoms with E-state index in [0.29, 0.717) is 25.8 Å². The second kappa shape index (κ2) is 11.4. The quantitative estimate of drug-likeness (QED) is 0.477. The number of likely N-dealkylation sites (tertiary alicyclic amines) is 1. The molecule has 3 atom stereocenters. The molecule has 0 saturated carbocycles. The fourth-order valence-corrected chi connectivity index (χ4v) is 3.72. The van der Waals surface area contributed by atoms with E-state index in [2.05, 4.69) is 10.6 Å². The number of nitrogens with one attached hydrogen (secondary N) is 2.